The fourth-order valence-corrected chi connectivity index (χ4v) is 1.31. The molecule has 0 heterocycles. The summed E-state index contributed by atoms with van der Waals surface area (Å²) in [5.41, 5.74) is 5.57. The van der Waals surface area contributed by atoms with Crippen LogP contribution in [-0.4, -0.2) is 31.1 Å². The Balaban J connectivity index is 3.60. The Morgan fingerprint density at radius 3 is 2.62 bits per heavy atom. The second-order valence-electron chi connectivity index (χ2n) is 3.72. The lowest BCUT2D eigenvalue weighted by atomic mass is 10.1. The molecule has 0 bridgehead atoms. The first-order valence-electron chi connectivity index (χ1n) is 5.27. The molecule has 0 aliphatic rings. The van der Waals surface area contributed by atoms with Crippen LogP contribution in [0.25, 0.3) is 0 Å². The highest BCUT2D eigenvalue weighted by atomic mass is 15.1. The van der Waals surface area contributed by atoms with Crippen LogP contribution in [-0.2, 0) is 0 Å². The van der Waals surface area contributed by atoms with Crippen LogP contribution in [0.15, 0.2) is 12.7 Å². The van der Waals surface area contributed by atoms with Crippen LogP contribution in [0.3, 0.4) is 0 Å². The van der Waals surface area contributed by atoms with Gasteiger partial charge in [-0.05, 0) is 38.4 Å². The average molecular weight is 184 g/mol. The average Bonchev–Trinajstić information content (AvgIpc) is 2.14. The van der Waals surface area contributed by atoms with Gasteiger partial charge in [-0.15, -0.1) is 6.58 Å². The van der Waals surface area contributed by atoms with Crippen molar-refractivity contribution in [2.75, 3.05) is 26.2 Å². The molecule has 0 fully saturated rings. The summed E-state index contributed by atoms with van der Waals surface area (Å²) in [6.07, 6.45) is 4.39. The van der Waals surface area contributed by atoms with E-state index in [2.05, 4.69) is 25.3 Å². The van der Waals surface area contributed by atoms with Crippen molar-refractivity contribution in [3.05, 3.63) is 12.7 Å². The molecule has 0 amide bonds. The van der Waals surface area contributed by atoms with Crippen LogP contribution in [0.4, 0.5) is 0 Å². The van der Waals surface area contributed by atoms with E-state index in [1.807, 2.05) is 6.08 Å². The standard InChI is InChI=1S/C11H24N2/c1-4-7-13(8-5-2)9-6-11(3)10-12/h4,11H,1,5-10,12H2,2-3H3. The maximum absolute atomic E-state index is 5.57. The van der Waals surface area contributed by atoms with Gasteiger partial charge in [-0.1, -0.05) is 19.9 Å². The molecule has 1 atom stereocenters. The molecule has 0 aromatic heterocycles. The van der Waals surface area contributed by atoms with Crippen molar-refractivity contribution in [3.8, 4) is 0 Å². The van der Waals surface area contributed by atoms with E-state index in [9.17, 15) is 0 Å². The van der Waals surface area contributed by atoms with Gasteiger partial charge in [-0.2, -0.15) is 0 Å². The maximum Gasteiger partial charge on any atom is 0.0160 e. The minimum Gasteiger partial charge on any atom is -0.330 e. The van der Waals surface area contributed by atoms with Crippen LogP contribution in [0.5, 0.6) is 0 Å². The van der Waals surface area contributed by atoms with Gasteiger partial charge in [0.15, 0.2) is 0 Å². The van der Waals surface area contributed by atoms with E-state index >= 15 is 0 Å². The van der Waals surface area contributed by atoms with Crippen molar-refractivity contribution < 1.29 is 0 Å². The van der Waals surface area contributed by atoms with Gasteiger partial charge in [-0.3, -0.25) is 4.90 Å². The summed E-state index contributed by atoms with van der Waals surface area (Å²) < 4.78 is 0. The van der Waals surface area contributed by atoms with Crippen LogP contribution in [0.1, 0.15) is 26.7 Å². The summed E-state index contributed by atoms with van der Waals surface area (Å²) in [7, 11) is 0. The number of nitrogens with two attached hydrogens (primary N) is 1. The monoisotopic (exact) mass is 184 g/mol. The molecule has 0 rings (SSSR count). The van der Waals surface area contributed by atoms with E-state index in [-0.39, 0.29) is 0 Å². The lowest BCUT2D eigenvalue weighted by Crippen LogP contribution is -2.28. The van der Waals surface area contributed by atoms with E-state index in [0.717, 1.165) is 19.6 Å². The summed E-state index contributed by atoms with van der Waals surface area (Å²) >= 11 is 0. The lowest BCUT2D eigenvalue weighted by Gasteiger charge is -2.21. The van der Waals surface area contributed by atoms with Gasteiger partial charge in [0, 0.05) is 6.54 Å². The molecule has 2 heteroatoms. The van der Waals surface area contributed by atoms with Gasteiger partial charge in [0.05, 0.1) is 0 Å². The van der Waals surface area contributed by atoms with Crippen molar-refractivity contribution in [2.45, 2.75) is 26.7 Å². The first-order chi connectivity index (χ1) is 6.24. The molecule has 0 spiro atoms. The van der Waals surface area contributed by atoms with Crippen molar-refractivity contribution in [3.63, 3.8) is 0 Å². The Bertz CT molecular complexity index is 123. The van der Waals surface area contributed by atoms with Crippen LogP contribution < -0.4 is 5.73 Å². The Labute approximate surface area is 82.8 Å². The minimum absolute atomic E-state index is 0.643. The summed E-state index contributed by atoms with van der Waals surface area (Å²) in [5, 5.41) is 0. The lowest BCUT2D eigenvalue weighted by molar-refractivity contribution is 0.280. The molecular weight excluding hydrogens is 160 g/mol. The van der Waals surface area contributed by atoms with Crippen molar-refractivity contribution in [1.29, 1.82) is 0 Å². The molecule has 0 aliphatic heterocycles. The highest BCUT2D eigenvalue weighted by Gasteiger charge is 2.04. The second kappa shape index (κ2) is 8.27. The molecular formula is C11H24N2. The molecule has 0 saturated heterocycles. The highest BCUT2D eigenvalue weighted by Crippen LogP contribution is 2.02. The first-order valence-corrected chi connectivity index (χ1v) is 5.27. The Kier molecular flexibility index (Phi) is 8.05. The number of hydrogen-bond acceptors (Lipinski definition) is 2. The van der Waals surface area contributed by atoms with Crippen molar-refractivity contribution in [1.82, 2.24) is 4.90 Å². The van der Waals surface area contributed by atoms with E-state index < -0.39 is 0 Å². The van der Waals surface area contributed by atoms with Crippen LogP contribution in [0, 0.1) is 5.92 Å². The van der Waals surface area contributed by atoms with Gasteiger partial charge in [0.2, 0.25) is 0 Å². The fraction of sp³-hybridized carbons (Fsp3) is 0.818. The molecule has 78 valence electrons. The Morgan fingerprint density at radius 1 is 1.46 bits per heavy atom. The van der Waals surface area contributed by atoms with Gasteiger partial charge in [0.1, 0.15) is 0 Å². The fourth-order valence-electron chi connectivity index (χ4n) is 1.31. The predicted molar refractivity (Wildman–Crippen MR) is 59.8 cm³/mol. The predicted octanol–water partition coefficient (Wildman–Crippen LogP) is 1.87. The third-order valence-corrected chi connectivity index (χ3v) is 2.27. The third kappa shape index (κ3) is 6.79. The molecule has 2 nitrogen and oxygen atoms in total. The zero-order valence-corrected chi connectivity index (χ0v) is 9.13. The summed E-state index contributed by atoms with van der Waals surface area (Å²) in [4.78, 5) is 2.43. The normalized spacial score (nSPS) is 13.2. The smallest absolute Gasteiger partial charge is 0.0160 e. The zero-order valence-electron chi connectivity index (χ0n) is 9.13. The quantitative estimate of drug-likeness (QED) is 0.584. The molecule has 2 N–H and O–H groups in total. The zero-order chi connectivity index (χ0) is 10.1. The van der Waals surface area contributed by atoms with Crippen molar-refractivity contribution >= 4 is 0 Å². The van der Waals surface area contributed by atoms with E-state index in [0.29, 0.717) is 5.92 Å². The van der Waals surface area contributed by atoms with Gasteiger partial charge < -0.3 is 5.73 Å². The molecule has 0 saturated carbocycles. The van der Waals surface area contributed by atoms with Crippen LogP contribution in [0.2, 0.25) is 0 Å². The van der Waals surface area contributed by atoms with E-state index in [1.165, 1.54) is 19.4 Å². The summed E-state index contributed by atoms with van der Waals surface area (Å²) in [6, 6.07) is 0. The highest BCUT2D eigenvalue weighted by molar-refractivity contribution is 4.73. The van der Waals surface area contributed by atoms with E-state index in [4.69, 9.17) is 5.73 Å². The molecule has 0 aromatic carbocycles. The van der Waals surface area contributed by atoms with E-state index in [1.54, 1.807) is 0 Å². The molecule has 1 unspecified atom stereocenters. The third-order valence-electron chi connectivity index (χ3n) is 2.27. The Morgan fingerprint density at radius 2 is 2.15 bits per heavy atom. The molecule has 13 heavy (non-hydrogen) atoms. The van der Waals surface area contributed by atoms with Gasteiger partial charge in [-0.25, -0.2) is 0 Å². The van der Waals surface area contributed by atoms with Crippen molar-refractivity contribution in [2.24, 2.45) is 11.7 Å². The molecule has 0 radical (unpaired) electrons. The second-order valence-corrected chi connectivity index (χ2v) is 3.72. The topological polar surface area (TPSA) is 29.3 Å². The number of hydrogen-bond donors (Lipinski definition) is 1. The minimum atomic E-state index is 0.643. The largest absolute Gasteiger partial charge is 0.330 e. The van der Waals surface area contributed by atoms with Gasteiger partial charge >= 0.3 is 0 Å². The molecule has 0 aromatic rings. The van der Waals surface area contributed by atoms with Crippen LogP contribution >= 0.6 is 0 Å². The molecule has 0 aliphatic carbocycles. The van der Waals surface area contributed by atoms with Gasteiger partial charge in [0.25, 0.3) is 0 Å². The number of rotatable bonds is 8. The number of nitrogens with zero attached hydrogens (tertiary/aromatic N) is 1. The summed E-state index contributed by atoms with van der Waals surface area (Å²) in [6.45, 7) is 12.3. The maximum atomic E-state index is 5.57. The summed E-state index contributed by atoms with van der Waals surface area (Å²) in [5.74, 6) is 0.643. The SMILES string of the molecule is C=CCN(CCC)CCC(C)CN. The first kappa shape index (κ1) is 12.7. The Hall–Kier alpha value is -0.340.